The van der Waals surface area contributed by atoms with Crippen LogP contribution >= 0.6 is 0 Å². The Bertz CT molecular complexity index is 964. The zero-order valence-corrected chi connectivity index (χ0v) is 13.6. The lowest BCUT2D eigenvalue weighted by molar-refractivity contribution is 0.322. The molecular formula is C19H18N4O2. The fourth-order valence-corrected chi connectivity index (χ4v) is 2.69. The van der Waals surface area contributed by atoms with Crippen molar-refractivity contribution in [1.29, 1.82) is 0 Å². The molecule has 2 heterocycles. The number of hydrogen-bond acceptors (Lipinski definition) is 5. The molecule has 25 heavy (non-hydrogen) atoms. The number of rotatable bonds is 6. The summed E-state index contributed by atoms with van der Waals surface area (Å²) in [4.78, 5) is 19.3. The highest BCUT2D eigenvalue weighted by atomic mass is 16.4. The molecule has 0 atom stereocenters. The largest absolute Gasteiger partial charge is 0.411 e. The molecule has 0 aliphatic heterocycles. The highest BCUT2D eigenvalue weighted by molar-refractivity contribution is 5.86. The van der Waals surface area contributed by atoms with Gasteiger partial charge in [-0.2, -0.15) is 0 Å². The van der Waals surface area contributed by atoms with Crippen molar-refractivity contribution in [2.24, 2.45) is 5.16 Å². The van der Waals surface area contributed by atoms with Gasteiger partial charge < -0.3 is 10.1 Å². The summed E-state index contributed by atoms with van der Waals surface area (Å²) in [5.41, 5.74) is 1.54. The Morgan fingerprint density at radius 2 is 1.96 bits per heavy atom. The normalized spacial score (nSPS) is 11.0. The number of pyridine rings is 1. The van der Waals surface area contributed by atoms with E-state index in [1.807, 2.05) is 41.3 Å². The van der Waals surface area contributed by atoms with Gasteiger partial charge in [0.1, 0.15) is 17.0 Å². The number of benzene rings is 1. The highest BCUT2D eigenvalue weighted by Gasteiger charge is 2.17. The summed E-state index contributed by atoms with van der Waals surface area (Å²) in [6.45, 7) is 4.84. The Morgan fingerprint density at radius 3 is 2.68 bits per heavy atom. The first kappa shape index (κ1) is 16.4. The van der Waals surface area contributed by atoms with Crippen molar-refractivity contribution in [1.82, 2.24) is 9.38 Å². The van der Waals surface area contributed by atoms with Crippen LogP contribution in [0, 0.1) is 0 Å². The average molecular weight is 334 g/mol. The summed E-state index contributed by atoms with van der Waals surface area (Å²) in [6, 6.07) is 15.2. The van der Waals surface area contributed by atoms with Gasteiger partial charge in [-0.25, -0.2) is 4.98 Å². The van der Waals surface area contributed by atoms with Crippen molar-refractivity contribution in [3.8, 4) is 0 Å². The van der Waals surface area contributed by atoms with Crippen molar-refractivity contribution in [2.75, 3.05) is 11.4 Å². The summed E-state index contributed by atoms with van der Waals surface area (Å²) >= 11 is 0. The maximum atomic E-state index is 12.8. The Labute approximate surface area is 145 Å². The van der Waals surface area contributed by atoms with Gasteiger partial charge in [-0.1, -0.05) is 47.6 Å². The predicted octanol–water partition coefficient (Wildman–Crippen LogP) is 2.70. The van der Waals surface area contributed by atoms with E-state index in [9.17, 15) is 4.79 Å². The van der Waals surface area contributed by atoms with E-state index >= 15 is 0 Å². The molecule has 0 bridgehead atoms. The van der Waals surface area contributed by atoms with Gasteiger partial charge in [0, 0.05) is 19.3 Å². The molecule has 3 rings (SSSR count). The van der Waals surface area contributed by atoms with Gasteiger partial charge in [-0.15, -0.1) is 6.58 Å². The van der Waals surface area contributed by atoms with E-state index in [0.29, 0.717) is 24.6 Å². The zero-order valence-electron chi connectivity index (χ0n) is 13.6. The third kappa shape index (κ3) is 3.42. The fraction of sp³-hybridized carbons (Fsp3) is 0.105. The molecule has 0 unspecified atom stereocenters. The second-order valence-electron chi connectivity index (χ2n) is 5.48. The van der Waals surface area contributed by atoms with Gasteiger partial charge in [-0.3, -0.25) is 9.20 Å². The van der Waals surface area contributed by atoms with Crippen LogP contribution in [0.4, 0.5) is 5.82 Å². The average Bonchev–Trinajstić information content (AvgIpc) is 2.64. The van der Waals surface area contributed by atoms with Crippen molar-refractivity contribution >= 4 is 17.7 Å². The van der Waals surface area contributed by atoms with E-state index in [-0.39, 0.29) is 11.1 Å². The van der Waals surface area contributed by atoms with Gasteiger partial charge in [0.2, 0.25) is 0 Å². The van der Waals surface area contributed by atoms with Crippen LogP contribution in [0.2, 0.25) is 0 Å². The molecule has 126 valence electrons. The first-order chi connectivity index (χ1) is 12.2. The molecule has 6 heteroatoms. The predicted molar refractivity (Wildman–Crippen MR) is 98.5 cm³/mol. The first-order valence-electron chi connectivity index (χ1n) is 7.83. The van der Waals surface area contributed by atoms with Crippen LogP contribution in [0.5, 0.6) is 0 Å². The number of hydrogen-bond donors (Lipinski definition) is 1. The minimum absolute atomic E-state index is 0.226. The molecule has 0 aliphatic carbocycles. The lowest BCUT2D eigenvalue weighted by Crippen LogP contribution is -2.30. The number of fused-ring (bicyclic) bond motifs is 1. The van der Waals surface area contributed by atoms with Gasteiger partial charge in [0.25, 0.3) is 5.56 Å². The van der Waals surface area contributed by atoms with Crippen LogP contribution in [-0.4, -0.2) is 27.4 Å². The smallest absolute Gasteiger partial charge is 0.268 e. The third-order valence-corrected chi connectivity index (χ3v) is 3.80. The summed E-state index contributed by atoms with van der Waals surface area (Å²) < 4.78 is 1.43. The van der Waals surface area contributed by atoms with Crippen molar-refractivity contribution in [3.05, 3.63) is 88.9 Å². The molecule has 0 saturated carbocycles. The molecule has 1 N–H and O–H groups in total. The maximum Gasteiger partial charge on any atom is 0.268 e. The second kappa shape index (κ2) is 7.44. The van der Waals surface area contributed by atoms with Gasteiger partial charge in [0.15, 0.2) is 0 Å². The molecule has 1 aromatic carbocycles. The highest BCUT2D eigenvalue weighted by Crippen LogP contribution is 2.18. The Balaban J connectivity index is 2.17. The van der Waals surface area contributed by atoms with E-state index < -0.39 is 0 Å². The van der Waals surface area contributed by atoms with Crippen molar-refractivity contribution < 1.29 is 5.21 Å². The van der Waals surface area contributed by atoms with Crippen LogP contribution in [0.15, 0.2) is 77.3 Å². The number of aromatic nitrogens is 2. The summed E-state index contributed by atoms with van der Waals surface area (Å²) in [5, 5.41) is 12.0. The van der Waals surface area contributed by atoms with Crippen LogP contribution < -0.4 is 10.5 Å². The second-order valence-corrected chi connectivity index (χ2v) is 5.48. The molecule has 0 amide bonds. The van der Waals surface area contributed by atoms with Crippen LogP contribution in [-0.2, 0) is 6.54 Å². The third-order valence-electron chi connectivity index (χ3n) is 3.80. The molecule has 0 fully saturated rings. The Morgan fingerprint density at radius 1 is 1.20 bits per heavy atom. The quantitative estimate of drug-likeness (QED) is 0.326. The van der Waals surface area contributed by atoms with Crippen molar-refractivity contribution in [2.45, 2.75) is 6.54 Å². The van der Waals surface area contributed by atoms with Gasteiger partial charge >= 0.3 is 0 Å². The van der Waals surface area contributed by atoms with Gasteiger partial charge in [-0.05, 0) is 17.7 Å². The molecule has 6 nitrogen and oxygen atoms in total. The standard InChI is InChI=1S/C19H18N4O2/c1-2-11-22(14-15-8-4-3-5-9-15)18-16(13-20-25)19(24)23-12-7-6-10-17(23)21-18/h2-10,12-13,25H,1,11,14H2/b20-13+. The molecule has 0 aliphatic rings. The molecule has 0 spiro atoms. The fourth-order valence-electron chi connectivity index (χ4n) is 2.69. The zero-order chi connectivity index (χ0) is 17.6. The molecule has 3 aromatic rings. The number of anilines is 1. The molecule has 2 aromatic heterocycles. The topological polar surface area (TPSA) is 70.2 Å². The minimum atomic E-state index is -0.291. The van der Waals surface area contributed by atoms with E-state index in [1.54, 1.807) is 24.4 Å². The maximum absolute atomic E-state index is 12.8. The number of oxime groups is 1. The molecule has 0 saturated heterocycles. The van der Waals surface area contributed by atoms with Gasteiger partial charge in [0.05, 0.1) is 6.21 Å². The van der Waals surface area contributed by atoms with Crippen molar-refractivity contribution in [3.63, 3.8) is 0 Å². The monoisotopic (exact) mass is 334 g/mol. The molecule has 0 radical (unpaired) electrons. The summed E-state index contributed by atoms with van der Waals surface area (Å²) in [5.74, 6) is 0.456. The summed E-state index contributed by atoms with van der Waals surface area (Å²) in [7, 11) is 0. The number of nitrogens with zero attached hydrogens (tertiary/aromatic N) is 4. The molecular weight excluding hydrogens is 316 g/mol. The lowest BCUT2D eigenvalue weighted by atomic mass is 10.2. The first-order valence-corrected chi connectivity index (χ1v) is 7.83. The van der Waals surface area contributed by atoms with Crippen LogP contribution in [0.25, 0.3) is 5.65 Å². The Kier molecular flexibility index (Phi) is 4.89. The van der Waals surface area contributed by atoms with Crippen LogP contribution in [0.3, 0.4) is 0 Å². The van der Waals surface area contributed by atoms with E-state index in [2.05, 4.69) is 16.7 Å². The van der Waals surface area contributed by atoms with E-state index in [1.165, 1.54) is 4.40 Å². The SMILES string of the molecule is C=CCN(Cc1ccccc1)c1nc2ccccn2c(=O)c1/C=N/O. The lowest BCUT2D eigenvalue weighted by Gasteiger charge is -2.24. The minimum Gasteiger partial charge on any atom is -0.411 e. The Hall–Kier alpha value is -3.41. The van der Waals surface area contributed by atoms with E-state index in [4.69, 9.17) is 5.21 Å². The summed E-state index contributed by atoms with van der Waals surface area (Å²) in [6.07, 6.45) is 4.51. The van der Waals surface area contributed by atoms with E-state index in [0.717, 1.165) is 11.8 Å². The van der Waals surface area contributed by atoms with Crippen LogP contribution in [0.1, 0.15) is 11.1 Å².